The lowest BCUT2D eigenvalue weighted by Gasteiger charge is -2.39. The Kier molecular flexibility index (Phi) is 6.18. The molecule has 6 nitrogen and oxygen atoms in total. The fourth-order valence-electron chi connectivity index (χ4n) is 3.63. The first-order valence-electron chi connectivity index (χ1n) is 9.05. The highest BCUT2D eigenvalue weighted by Crippen LogP contribution is 2.47. The average Bonchev–Trinajstić information content (AvgIpc) is 2.60. The van der Waals surface area contributed by atoms with Crippen LogP contribution in [0.15, 0.2) is 30.3 Å². The second-order valence-corrected chi connectivity index (χ2v) is 9.59. The normalized spacial score (nSPS) is 28.7. The zero-order chi connectivity index (χ0) is 17.9. The number of anilines is 1. The van der Waals surface area contributed by atoms with Crippen LogP contribution in [0.3, 0.4) is 0 Å². The van der Waals surface area contributed by atoms with Crippen molar-refractivity contribution < 1.29 is 13.8 Å². The van der Waals surface area contributed by atoms with Gasteiger partial charge in [-0.2, -0.15) is 0 Å². The summed E-state index contributed by atoms with van der Waals surface area (Å²) in [5, 5.41) is 0. The summed E-state index contributed by atoms with van der Waals surface area (Å²) >= 11 is 0. The summed E-state index contributed by atoms with van der Waals surface area (Å²) in [4.78, 5) is 4.57. The highest BCUT2D eigenvalue weighted by molar-refractivity contribution is 7.55. The number of para-hydroxylation sites is 1. The maximum absolute atomic E-state index is 13.0. The Morgan fingerprint density at radius 1 is 1.16 bits per heavy atom. The van der Waals surface area contributed by atoms with Crippen LogP contribution in [0.4, 0.5) is 5.69 Å². The zero-order valence-electron chi connectivity index (χ0n) is 15.5. The second kappa shape index (κ2) is 8.19. The maximum Gasteiger partial charge on any atom is 0.269 e. The Bertz CT molecular complexity index is 582. The molecule has 25 heavy (non-hydrogen) atoms. The van der Waals surface area contributed by atoms with E-state index in [2.05, 4.69) is 48.0 Å². The molecule has 2 aliphatic rings. The highest BCUT2D eigenvalue weighted by atomic mass is 31.2. The van der Waals surface area contributed by atoms with Gasteiger partial charge in [-0.05, 0) is 26.1 Å². The summed E-state index contributed by atoms with van der Waals surface area (Å²) in [6.45, 7) is 9.19. The van der Waals surface area contributed by atoms with Crippen molar-refractivity contribution in [3.63, 3.8) is 0 Å². The van der Waals surface area contributed by atoms with Crippen molar-refractivity contribution in [2.75, 3.05) is 64.5 Å². The summed E-state index contributed by atoms with van der Waals surface area (Å²) in [7, 11) is -0.700. The third-order valence-electron chi connectivity index (χ3n) is 4.90. The van der Waals surface area contributed by atoms with E-state index in [9.17, 15) is 4.57 Å². The number of nitrogens with zero attached hydrogens (tertiary/aromatic N) is 3. The molecule has 0 aromatic heterocycles. The number of ether oxygens (including phenoxy) is 1. The molecule has 1 aromatic rings. The largest absolute Gasteiger partial charge is 0.370 e. The van der Waals surface area contributed by atoms with Crippen LogP contribution in [0.2, 0.25) is 0 Å². The summed E-state index contributed by atoms with van der Waals surface area (Å²) < 4.78 is 26.8. The molecular weight excluding hydrogens is 337 g/mol. The molecule has 2 heterocycles. The zero-order valence-corrected chi connectivity index (χ0v) is 16.4. The van der Waals surface area contributed by atoms with E-state index in [-0.39, 0.29) is 12.2 Å². The van der Waals surface area contributed by atoms with Crippen molar-refractivity contribution in [3.8, 4) is 0 Å². The topological polar surface area (TPSA) is 45.2 Å². The predicted octanol–water partition coefficient (Wildman–Crippen LogP) is 2.37. The number of benzene rings is 1. The number of piperazine rings is 1. The predicted molar refractivity (Wildman–Crippen MR) is 102 cm³/mol. The van der Waals surface area contributed by atoms with E-state index < -0.39 is 7.52 Å². The summed E-state index contributed by atoms with van der Waals surface area (Å²) in [5.74, 6) is 0. The Balaban J connectivity index is 1.49. The molecule has 1 aromatic carbocycles. The van der Waals surface area contributed by atoms with Gasteiger partial charge in [-0.1, -0.05) is 18.2 Å². The van der Waals surface area contributed by atoms with Crippen LogP contribution in [0.1, 0.15) is 6.92 Å². The second-order valence-electron chi connectivity index (χ2n) is 7.16. The number of rotatable bonds is 5. The minimum Gasteiger partial charge on any atom is -0.370 e. The van der Waals surface area contributed by atoms with Crippen molar-refractivity contribution in [2.24, 2.45) is 0 Å². The Morgan fingerprint density at radius 3 is 2.48 bits per heavy atom. The smallest absolute Gasteiger partial charge is 0.269 e. The lowest BCUT2D eigenvalue weighted by Crippen LogP contribution is -2.47. The Labute approximate surface area is 151 Å². The quantitative estimate of drug-likeness (QED) is 0.745. The molecule has 3 atom stereocenters. The van der Waals surface area contributed by atoms with E-state index in [1.54, 1.807) is 6.66 Å². The molecule has 2 saturated heterocycles. The first kappa shape index (κ1) is 18.9. The highest BCUT2D eigenvalue weighted by Gasteiger charge is 2.32. The number of hydrogen-bond acceptors (Lipinski definition) is 5. The van der Waals surface area contributed by atoms with E-state index in [0.717, 1.165) is 39.3 Å². The van der Waals surface area contributed by atoms with Crippen LogP contribution in [0.25, 0.3) is 0 Å². The summed E-state index contributed by atoms with van der Waals surface area (Å²) in [6.07, 6.45) is 0.186. The molecule has 0 radical (unpaired) electrons. The van der Waals surface area contributed by atoms with Gasteiger partial charge in [0.2, 0.25) is 0 Å². The Hall–Kier alpha value is -0.910. The van der Waals surface area contributed by atoms with E-state index >= 15 is 0 Å². The lowest BCUT2D eigenvalue weighted by atomic mass is 10.2. The Morgan fingerprint density at radius 2 is 1.84 bits per heavy atom. The molecule has 3 unspecified atom stereocenters. The van der Waals surface area contributed by atoms with Gasteiger partial charge in [-0.3, -0.25) is 4.57 Å². The monoisotopic (exact) mass is 367 g/mol. The first-order valence-corrected chi connectivity index (χ1v) is 11.1. The van der Waals surface area contributed by atoms with E-state index in [1.807, 2.05) is 10.7 Å². The van der Waals surface area contributed by atoms with Gasteiger partial charge in [0.15, 0.2) is 0 Å². The molecule has 3 rings (SSSR count). The summed E-state index contributed by atoms with van der Waals surface area (Å²) in [6, 6.07) is 10.4. The molecular formula is C18H30N3O3P. The van der Waals surface area contributed by atoms with Crippen LogP contribution in [0.5, 0.6) is 0 Å². The van der Waals surface area contributed by atoms with Crippen LogP contribution in [-0.4, -0.2) is 81.4 Å². The fourth-order valence-corrected chi connectivity index (χ4v) is 5.14. The van der Waals surface area contributed by atoms with Gasteiger partial charge >= 0.3 is 0 Å². The van der Waals surface area contributed by atoms with Gasteiger partial charge in [0.1, 0.15) is 0 Å². The van der Waals surface area contributed by atoms with Gasteiger partial charge in [0.25, 0.3) is 7.52 Å². The number of morpholine rings is 1. The molecule has 0 amide bonds. The van der Waals surface area contributed by atoms with E-state index in [0.29, 0.717) is 6.61 Å². The van der Waals surface area contributed by atoms with Gasteiger partial charge in [0.05, 0.1) is 18.8 Å². The fraction of sp³-hybridized carbons (Fsp3) is 0.667. The third kappa shape index (κ3) is 5.05. The molecule has 7 heteroatoms. The minimum absolute atomic E-state index is 0.00682. The SMILES string of the molecule is CC1CN(C)CC(COP(C)(=O)N2CCN(c3ccccc3)CC2)O1. The standard InChI is InChI=1S/C18H30N3O3P/c1-16-13-19(2)14-18(24-16)15-23-25(3,22)21-11-9-20(10-12-21)17-7-5-4-6-8-17/h4-8,16,18H,9-15H2,1-3H3. The van der Waals surface area contributed by atoms with Crippen molar-refractivity contribution in [2.45, 2.75) is 19.1 Å². The minimum atomic E-state index is -2.78. The van der Waals surface area contributed by atoms with Gasteiger partial charge in [0, 0.05) is 51.6 Å². The van der Waals surface area contributed by atoms with Crippen LogP contribution >= 0.6 is 7.52 Å². The van der Waals surface area contributed by atoms with Gasteiger partial charge in [-0.15, -0.1) is 0 Å². The third-order valence-corrected chi connectivity index (χ3v) is 6.96. The summed E-state index contributed by atoms with van der Waals surface area (Å²) in [5.41, 5.74) is 1.22. The molecule has 0 aliphatic carbocycles. The molecule has 2 fully saturated rings. The van der Waals surface area contributed by atoms with Crippen molar-refractivity contribution in [3.05, 3.63) is 30.3 Å². The van der Waals surface area contributed by atoms with Crippen molar-refractivity contribution in [1.29, 1.82) is 0 Å². The molecule has 2 aliphatic heterocycles. The van der Waals surface area contributed by atoms with E-state index in [4.69, 9.17) is 9.26 Å². The number of hydrogen-bond donors (Lipinski definition) is 0. The van der Waals surface area contributed by atoms with Crippen molar-refractivity contribution in [1.82, 2.24) is 9.57 Å². The lowest BCUT2D eigenvalue weighted by molar-refractivity contribution is -0.0853. The first-order chi connectivity index (χ1) is 11.9. The maximum atomic E-state index is 13.0. The average molecular weight is 367 g/mol. The molecule has 140 valence electrons. The molecule has 0 bridgehead atoms. The van der Waals surface area contributed by atoms with Crippen LogP contribution in [0, 0.1) is 0 Å². The molecule has 0 spiro atoms. The van der Waals surface area contributed by atoms with Crippen LogP contribution < -0.4 is 4.90 Å². The van der Waals surface area contributed by atoms with E-state index in [1.165, 1.54) is 5.69 Å². The number of likely N-dealkylation sites (N-methyl/N-ethyl adjacent to an activating group) is 1. The van der Waals surface area contributed by atoms with Gasteiger partial charge < -0.3 is 19.1 Å². The molecule has 0 N–H and O–H groups in total. The van der Waals surface area contributed by atoms with Crippen LogP contribution in [-0.2, 0) is 13.8 Å². The van der Waals surface area contributed by atoms with Crippen molar-refractivity contribution >= 4 is 13.2 Å². The van der Waals surface area contributed by atoms with Gasteiger partial charge in [-0.25, -0.2) is 4.67 Å². The molecule has 0 saturated carbocycles.